The molecule has 0 bridgehead atoms. The highest BCUT2D eigenvalue weighted by atomic mass is 35.5. The first kappa shape index (κ1) is 22.2. The quantitative estimate of drug-likeness (QED) is 0.683. The lowest BCUT2D eigenvalue weighted by Gasteiger charge is -2.14. The second-order valence-electron chi connectivity index (χ2n) is 6.82. The Bertz CT molecular complexity index is 1240. The number of nitriles is 1. The summed E-state index contributed by atoms with van der Waals surface area (Å²) < 4.78 is 27.3. The maximum absolute atomic E-state index is 11.8. The number of allylic oxidation sites excluding steroid dienone is 1. The summed E-state index contributed by atoms with van der Waals surface area (Å²) in [7, 11) is -3.28. The molecule has 2 N–H and O–H groups in total. The first-order chi connectivity index (χ1) is 14.2. The zero-order valence-corrected chi connectivity index (χ0v) is 18.9. The molecular formula is C19H21ClN6O2S2. The molecule has 0 unspecified atom stereocenters. The number of anilines is 1. The number of rotatable bonds is 5. The average molecular weight is 465 g/mol. The lowest BCUT2D eigenvalue weighted by molar-refractivity contribution is 0.465. The summed E-state index contributed by atoms with van der Waals surface area (Å²) in [5.74, 6) is 0.274. The Labute approximate surface area is 184 Å². The van der Waals surface area contributed by atoms with E-state index in [-0.39, 0.29) is 17.4 Å². The van der Waals surface area contributed by atoms with Gasteiger partial charge in [0.15, 0.2) is 4.67 Å². The zero-order chi connectivity index (χ0) is 22.1. The van der Waals surface area contributed by atoms with Crippen LogP contribution in [0.2, 0.25) is 5.02 Å². The molecule has 0 saturated carbocycles. The number of nitrogen functional groups attached to an aromatic ring is 1. The van der Waals surface area contributed by atoms with Crippen molar-refractivity contribution in [3.63, 3.8) is 0 Å². The molecule has 2 aromatic rings. The Hall–Kier alpha value is -2.45. The van der Waals surface area contributed by atoms with Gasteiger partial charge in [0.2, 0.25) is 10.0 Å². The predicted octanol–water partition coefficient (Wildman–Crippen LogP) is 3.29. The van der Waals surface area contributed by atoms with Crippen molar-refractivity contribution < 1.29 is 8.42 Å². The van der Waals surface area contributed by atoms with Crippen molar-refractivity contribution >= 4 is 56.6 Å². The SMILES string of the molecule is C=CC=Nc1ccc(Cl)c(N=c2sn([C@H]3CCN(S(C)(=O)=O)C3)c(N)c2C#N)c1C. The van der Waals surface area contributed by atoms with E-state index in [2.05, 4.69) is 22.6 Å². The fraction of sp³-hybridized carbons (Fsp3) is 0.316. The van der Waals surface area contributed by atoms with Crippen LogP contribution in [0.1, 0.15) is 23.6 Å². The van der Waals surface area contributed by atoms with Gasteiger partial charge in [-0.05, 0) is 37.0 Å². The number of aliphatic imine (C=N–C) groups is 1. The molecule has 2 heterocycles. The lowest BCUT2D eigenvalue weighted by Crippen LogP contribution is -2.27. The number of nitrogens with two attached hydrogens (primary N) is 1. The summed E-state index contributed by atoms with van der Waals surface area (Å²) in [6.07, 6.45) is 4.94. The van der Waals surface area contributed by atoms with Gasteiger partial charge in [-0.2, -0.15) is 9.57 Å². The third-order valence-corrected chi connectivity index (χ3v) is 7.55. The van der Waals surface area contributed by atoms with Crippen molar-refractivity contribution in [1.82, 2.24) is 8.26 Å². The Morgan fingerprint density at radius 3 is 2.80 bits per heavy atom. The van der Waals surface area contributed by atoms with Crippen LogP contribution in [0.15, 0.2) is 34.8 Å². The van der Waals surface area contributed by atoms with Crippen LogP contribution in [0.3, 0.4) is 0 Å². The largest absolute Gasteiger partial charge is 0.383 e. The van der Waals surface area contributed by atoms with E-state index >= 15 is 0 Å². The monoisotopic (exact) mass is 464 g/mol. The normalized spacial score (nSPS) is 18.2. The van der Waals surface area contributed by atoms with Crippen LogP contribution in [-0.2, 0) is 10.0 Å². The van der Waals surface area contributed by atoms with E-state index in [1.807, 2.05) is 6.92 Å². The lowest BCUT2D eigenvalue weighted by atomic mass is 10.1. The van der Waals surface area contributed by atoms with Gasteiger partial charge >= 0.3 is 0 Å². The number of hydrogen-bond donors (Lipinski definition) is 1. The minimum Gasteiger partial charge on any atom is -0.383 e. The van der Waals surface area contributed by atoms with E-state index in [1.165, 1.54) is 22.1 Å². The molecule has 30 heavy (non-hydrogen) atoms. The molecule has 1 atom stereocenters. The van der Waals surface area contributed by atoms with Gasteiger partial charge in [-0.15, -0.1) is 0 Å². The van der Waals surface area contributed by atoms with Crippen LogP contribution in [0.4, 0.5) is 17.2 Å². The second-order valence-corrected chi connectivity index (χ2v) is 10.2. The number of benzene rings is 1. The maximum Gasteiger partial charge on any atom is 0.211 e. The summed E-state index contributed by atoms with van der Waals surface area (Å²) in [5.41, 5.74) is 8.42. The molecule has 1 aliphatic rings. The fourth-order valence-electron chi connectivity index (χ4n) is 3.23. The van der Waals surface area contributed by atoms with Crippen LogP contribution < -0.4 is 10.4 Å². The van der Waals surface area contributed by atoms with Crippen molar-refractivity contribution in [3.05, 3.63) is 45.6 Å². The van der Waals surface area contributed by atoms with Gasteiger partial charge < -0.3 is 5.73 Å². The topological polar surface area (TPSA) is 117 Å². The van der Waals surface area contributed by atoms with E-state index in [1.54, 1.807) is 28.4 Å². The molecule has 11 heteroatoms. The molecule has 1 aromatic heterocycles. The van der Waals surface area contributed by atoms with Gasteiger partial charge in [0.05, 0.1) is 28.7 Å². The zero-order valence-electron chi connectivity index (χ0n) is 16.5. The summed E-state index contributed by atoms with van der Waals surface area (Å²) in [6.45, 7) is 6.18. The minimum absolute atomic E-state index is 0.152. The highest BCUT2D eigenvalue weighted by Gasteiger charge is 2.31. The molecule has 0 spiro atoms. The number of nitrogens with zero attached hydrogens (tertiary/aromatic N) is 5. The second kappa shape index (κ2) is 8.73. The van der Waals surface area contributed by atoms with Gasteiger partial charge in [0, 0.05) is 24.9 Å². The summed E-state index contributed by atoms with van der Waals surface area (Å²) >= 11 is 7.59. The van der Waals surface area contributed by atoms with Crippen molar-refractivity contribution in [2.75, 3.05) is 25.1 Å². The smallest absolute Gasteiger partial charge is 0.211 e. The highest BCUT2D eigenvalue weighted by molar-refractivity contribution is 7.88. The Balaban J connectivity index is 2.10. The highest BCUT2D eigenvalue weighted by Crippen LogP contribution is 2.35. The predicted molar refractivity (Wildman–Crippen MR) is 121 cm³/mol. The molecule has 1 aromatic carbocycles. The van der Waals surface area contributed by atoms with E-state index in [0.29, 0.717) is 40.6 Å². The van der Waals surface area contributed by atoms with Crippen LogP contribution in [0.25, 0.3) is 0 Å². The maximum atomic E-state index is 11.8. The molecule has 0 radical (unpaired) electrons. The van der Waals surface area contributed by atoms with Crippen molar-refractivity contribution in [3.8, 4) is 6.07 Å². The summed E-state index contributed by atoms with van der Waals surface area (Å²) in [4.78, 5) is 8.94. The number of sulfonamides is 1. The van der Waals surface area contributed by atoms with Crippen LogP contribution in [-0.4, -0.2) is 42.2 Å². The minimum atomic E-state index is -3.28. The molecule has 1 saturated heterocycles. The number of aromatic nitrogens is 1. The van der Waals surface area contributed by atoms with Crippen LogP contribution >= 0.6 is 23.1 Å². The number of hydrogen-bond acceptors (Lipinski definition) is 7. The van der Waals surface area contributed by atoms with Gasteiger partial charge in [0.25, 0.3) is 0 Å². The molecule has 0 aliphatic carbocycles. The van der Waals surface area contributed by atoms with Crippen molar-refractivity contribution in [1.29, 1.82) is 5.26 Å². The molecular weight excluding hydrogens is 444 g/mol. The third-order valence-electron chi connectivity index (χ3n) is 4.82. The van der Waals surface area contributed by atoms with Crippen LogP contribution in [0.5, 0.6) is 0 Å². The molecule has 1 aliphatic heterocycles. The number of halogens is 1. The van der Waals surface area contributed by atoms with E-state index in [9.17, 15) is 13.7 Å². The van der Waals surface area contributed by atoms with E-state index < -0.39 is 10.0 Å². The third kappa shape index (κ3) is 4.34. The first-order valence-electron chi connectivity index (χ1n) is 9.02. The summed E-state index contributed by atoms with van der Waals surface area (Å²) in [6, 6.07) is 5.43. The Morgan fingerprint density at radius 2 is 2.20 bits per heavy atom. The standard InChI is InChI=1S/C19H21ClN6O2S2/c1-4-8-23-16-6-5-15(20)17(12(16)2)24-19-14(10-21)18(22)26(29-19)13-7-9-25(11-13)30(3,27)28/h4-6,8,13H,1,7,9,11,22H2,2-3H3/t13-/m0/s1. The molecule has 1 fully saturated rings. The van der Waals surface area contributed by atoms with Gasteiger partial charge in [-0.3, -0.25) is 8.95 Å². The molecule has 0 amide bonds. The Morgan fingerprint density at radius 1 is 1.47 bits per heavy atom. The van der Waals surface area contributed by atoms with Gasteiger partial charge in [0.1, 0.15) is 17.5 Å². The van der Waals surface area contributed by atoms with Gasteiger partial charge in [-0.25, -0.2) is 13.4 Å². The average Bonchev–Trinajstić information content (AvgIpc) is 3.29. The van der Waals surface area contributed by atoms with E-state index in [4.69, 9.17) is 17.3 Å². The van der Waals surface area contributed by atoms with Gasteiger partial charge in [-0.1, -0.05) is 24.3 Å². The molecule has 158 valence electrons. The fourth-order valence-corrected chi connectivity index (χ4v) is 5.43. The van der Waals surface area contributed by atoms with Crippen molar-refractivity contribution in [2.24, 2.45) is 9.98 Å². The summed E-state index contributed by atoms with van der Waals surface area (Å²) in [5, 5.41) is 10.1. The van der Waals surface area contributed by atoms with Crippen LogP contribution in [0, 0.1) is 18.3 Å². The first-order valence-corrected chi connectivity index (χ1v) is 12.0. The van der Waals surface area contributed by atoms with Crippen molar-refractivity contribution in [2.45, 2.75) is 19.4 Å². The molecule has 3 rings (SSSR count). The Kier molecular flexibility index (Phi) is 6.47. The van der Waals surface area contributed by atoms with E-state index in [0.717, 1.165) is 5.56 Å². The molecule has 8 nitrogen and oxygen atoms in total.